The normalized spacial score (nSPS) is 11.7. The summed E-state index contributed by atoms with van der Waals surface area (Å²) in [7, 11) is 0. The topological polar surface area (TPSA) is 51.8 Å². The molecule has 0 radical (unpaired) electrons. The number of halogens is 2. The summed E-state index contributed by atoms with van der Waals surface area (Å²) in [6.45, 7) is 6.31. The zero-order chi connectivity index (χ0) is 14.9. The first-order chi connectivity index (χ1) is 9.27. The summed E-state index contributed by atoms with van der Waals surface area (Å²) < 4.78 is 0.782. The lowest BCUT2D eigenvalue weighted by atomic mass is 9.92. The van der Waals surface area contributed by atoms with Crippen molar-refractivity contribution in [3.8, 4) is 0 Å². The van der Waals surface area contributed by atoms with Crippen molar-refractivity contribution in [3.63, 3.8) is 0 Å². The van der Waals surface area contributed by atoms with Gasteiger partial charge in [0.05, 0.1) is 10.2 Å². The Morgan fingerprint density at radius 2 is 1.75 bits per heavy atom. The molecule has 0 saturated carbocycles. The Labute approximate surface area is 132 Å². The predicted molar refractivity (Wildman–Crippen MR) is 87.1 cm³/mol. The highest BCUT2D eigenvalue weighted by Gasteiger charge is 2.22. The second-order valence-corrected chi connectivity index (χ2v) is 6.97. The lowest BCUT2D eigenvalue weighted by molar-refractivity contribution is 0.560. The highest BCUT2D eigenvalue weighted by molar-refractivity contribution is 9.10. The van der Waals surface area contributed by atoms with E-state index in [0.29, 0.717) is 12.2 Å². The van der Waals surface area contributed by atoms with Crippen LogP contribution in [0.15, 0.2) is 28.7 Å². The predicted octanol–water partition coefficient (Wildman–Crippen LogP) is 4.36. The van der Waals surface area contributed by atoms with Gasteiger partial charge in [0.25, 0.3) is 0 Å². The second kappa shape index (κ2) is 5.70. The molecule has 20 heavy (non-hydrogen) atoms. The molecule has 0 bridgehead atoms. The summed E-state index contributed by atoms with van der Waals surface area (Å²) in [5.74, 6) is 1.20. The van der Waals surface area contributed by atoms with Crippen LogP contribution in [0.1, 0.15) is 37.9 Å². The van der Waals surface area contributed by atoms with Crippen molar-refractivity contribution in [1.29, 1.82) is 0 Å². The van der Waals surface area contributed by atoms with Gasteiger partial charge in [-0.3, -0.25) is 0 Å². The van der Waals surface area contributed by atoms with E-state index in [2.05, 4.69) is 46.7 Å². The molecule has 0 aliphatic heterocycles. The smallest absolute Gasteiger partial charge is 0.141 e. The highest BCUT2D eigenvalue weighted by atomic mass is 79.9. The monoisotopic (exact) mass is 353 g/mol. The van der Waals surface area contributed by atoms with Gasteiger partial charge in [0.15, 0.2) is 0 Å². The first-order valence-corrected chi connectivity index (χ1v) is 7.51. The number of nitrogen functional groups attached to an aromatic ring is 1. The molecule has 0 amide bonds. The quantitative estimate of drug-likeness (QED) is 0.871. The first-order valence-electron chi connectivity index (χ1n) is 6.34. The summed E-state index contributed by atoms with van der Waals surface area (Å²) in [5.41, 5.74) is 7.92. The van der Waals surface area contributed by atoms with Crippen LogP contribution in [0.5, 0.6) is 0 Å². The Hall–Kier alpha value is -1.13. The summed E-state index contributed by atoms with van der Waals surface area (Å²) in [6, 6.07) is 7.68. The Bertz CT molecular complexity index is 618. The van der Waals surface area contributed by atoms with E-state index in [1.54, 1.807) is 0 Å². The van der Waals surface area contributed by atoms with E-state index < -0.39 is 0 Å². The number of nitrogens with zero attached hydrogens (tertiary/aromatic N) is 2. The molecule has 0 fully saturated rings. The van der Waals surface area contributed by atoms with Gasteiger partial charge >= 0.3 is 0 Å². The Kier molecular flexibility index (Phi) is 4.35. The molecule has 2 rings (SSSR count). The van der Waals surface area contributed by atoms with Crippen molar-refractivity contribution in [2.75, 3.05) is 5.73 Å². The minimum absolute atomic E-state index is 0.0926. The molecular weight excluding hydrogens is 338 g/mol. The molecular formula is C15H17BrClN3. The maximum atomic E-state index is 5.98. The third kappa shape index (κ3) is 3.49. The molecule has 1 aromatic carbocycles. The van der Waals surface area contributed by atoms with E-state index in [-0.39, 0.29) is 5.41 Å². The SMILES string of the molecule is CC(C)(C)c1nc(Cc2ccc(Cl)cc2)nc(N)c1Br. The minimum Gasteiger partial charge on any atom is -0.383 e. The van der Waals surface area contributed by atoms with Crippen molar-refractivity contribution in [3.05, 3.63) is 50.8 Å². The molecule has 0 saturated heterocycles. The number of hydrogen-bond donors (Lipinski definition) is 1. The molecule has 0 aliphatic rings. The van der Waals surface area contributed by atoms with E-state index in [1.807, 2.05) is 24.3 Å². The minimum atomic E-state index is -0.0926. The molecule has 0 spiro atoms. The van der Waals surface area contributed by atoms with Gasteiger partial charge in [0.1, 0.15) is 11.6 Å². The third-order valence-electron chi connectivity index (χ3n) is 2.91. The average molecular weight is 355 g/mol. The standard InChI is InChI=1S/C15H17BrClN3/c1-15(2,3)13-12(16)14(18)20-11(19-13)8-9-4-6-10(17)7-5-9/h4-7H,8H2,1-3H3,(H2,18,19,20). The van der Waals surface area contributed by atoms with Crippen LogP contribution in [-0.2, 0) is 11.8 Å². The molecule has 0 aliphatic carbocycles. The van der Waals surface area contributed by atoms with E-state index in [1.165, 1.54) is 0 Å². The van der Waals surface area contributed by atoms with Gasteiger partial charge in [-0.25, -0.2) is 9.97 Å². The number of hydrogen-bond acceptors (Lipinski definition) is 3. The van der Waals surface area contributed by atoms with Crippen LogP contribution in [0.4, 0.5) is 5.82 Å². The molecule has 106 valence electrons. The van der Waals surface area contributed by atoms with Crippen molar-refractivity contribution < 1.29 is 0 Å². The van der Waals surface area contributed by atoms with Crippen molar-refractivity contribution >= 4 is 33.3 Å². The van der Waals surface area contributed by atoms with Gasteiger partial charge in [0, 0.05) is 16.9 Å². The average Bonchev–Trinajstić information content (AvgIpc) is 2.35. The van der Waals surface area contributed by atoms with E-state index in [0.717, 1.165) is 26.6 Å². The van der Waals surface area contributed by atoms with Crippen LogP contribution < -0.4 is 5.73 Å². The summed E-state index contributed by atoms with van der Waals surface area (Å²) >= 11 is 9.37. The van der Waals surface area contributed by atoms with Gasteiger partial charge < -0.3 is 5.73 Å². The molecule has 1 heterocycles. The molecule has 2 N–H and O–H groups in total. The van der Waals surface area contributed by atoms with Gasteiger partial charge in [-0.15, -0.1) is 0 Å². The van der Waals surface area contributed by atoms with Crippen molar-refractivity contribution in [2.24, 2.45) is 0 Å². The van der Waals surface area contributed by atoms with Gasteiger partial charge in [-0.1, -0.05) is 44.5 Å². The van der Waals surface area contributed by atoms with E-state index >= 15 is 0 Å². The number of rotatable bonds is 2. The number of aromatic nitrogens is 2. The van der Waals surface area contributed by atoms with Crippen LogP contribution in [0.2, 0.25) is 5.02 Å². The van der Waals surface area contributed by atoms with Crippen LogP contribution in [-0.4, -0.2) is 9.97 Å². The highest BCUT2D eigenvalue weighted by Crippen LogP contribution is 2.31. The second-order valence-electron chi connectivity index (χ2n) is 5.74. The van der Waals surface area contributed by atoms with Gasteiger partial charge in [-0.2, -0.15) is 0 Å². The number of benzene rings is 1. The number of nitrogens with two attached hydrogens (primary N) is 1. The maximum absolute atomic E-state index is 5.98. The Balaban J connectivity index is 2.38. The zero-order valence-electron chi connectivity index (χ0n) is 11.7. The van der Waals surface area contributed by atoms with Crippen molar-refractivity contribution in [1.82, 2.24) is 9.97 Å². The fourth-order valence-electron chi connectivity index (χ4n) is 1.87. The third-order valence-corrected chi connectivity index (χ3v) is 3.94. The van der Waals surface area contributed by atoms with Crippen LogP contribution in [0.3, 0.4) is 0 Å². The summed E-state index contributed by atoms with van der Waals surface area (Å²) in [4.78, 5) is 9.00. The van der Waals surface area contributed by atoms with Crippen molar-refractivity contribution in [2.45, 2.75) is 32.6 Å². The van der Waals surface area contributed by atoms with Crippen LogP contribution in [0, 0.1) is 0 Å². The lowest BCUT2D eigenvalue weighted by Crippen LogP contribution is -2.18. The van der Waals surface area contributed by atoms with E-state index in [9.17, 15) is 0 Å². The zero-order valence-corrected chi connectivity index (χ0v) is 14.1. The summed E-state index contributed by atoms with van der Waals surface area (Å²) in [5, 5.41) is 0.723. The summed E-state index contributed by atoms with van der Waals surface area (Å²) in [6.07, 6.45) is 0.637. The molecule has 0 unspecified atom stereocenters. The molecule has 2 aromatic rings. The fourth-order valence-corrected chi connectivity index (χ4v) is 2.77. The van der Waals surface area contributed by atoms with E-state index in [4.69, 9.17) is 17.3 Å². The van der Waals surface area contributed by atoms with Crippen LogP contribution in [0.25, 0.3) is 0 Å². The van der Waals surface area contributed by atoms with Crippen LogP contribution >= 0.6 is 27.5 Å². The molecule has 1 aromatic heterocycles. The maximum Gasteiger partial charge on any atom is 0.141 e. The largest absolute Gasteiger partial charge is 0.383 e. The Morgan fingerprint density at radius 3 is 2.30 bits per heavy atom. The molecule has 3 nitrogen and oxygen atoms in total. The van der Waals surface area contributed by atoms with Gasteiger partial charge in [-0.05, 0) is 33.6 Å². The first kappa shape index (κ1) is 15.3. The lowest BCUT2D eigenvalue weighted by Gasteiger charge is -2.20. The van der Waals surface area contributed by atoms with Gasteiger partial charge in [0.2, 0.25) is 0 Å². The molecule has 0 atom stereocenters. The fraction of sp³-hybridized carbons (Fsp3) is 0.333. The molecule has 5 heteroatoms. The number of anilines is 1. The Morgan fingerprint density at radius 1 is 1.15 bits per heavy atom.